The number of hydrogen-bond acceptors (Lipinski definition) is 4. The maximum atomic E-state index is 10.9. The van der Waals surface area contributed by atoms with Gasteiger partial charge in [0.2, 0.25) is 0 Å². The van der Waals surface area contributed by atoms with Crippen molar-refractivity contribution < 1.29 is 23.5 Å². The lowest BCUT2D eigenvalue weighted by Crippen LogP contribution is -2.12. The van der Waals surface area contributed by atoms with E-state index in [-0.39, 0.29) is 6.61 Å². The highest BCUT2D eigenvalue weighted by Gasteiger charge is 2.25. The highest BCUT2D eigenvalue weighted by molar-refractivity contribution is 7.32. The first-order chi connectivity index (χ1) is 8.13. The average Bonchev–Trinajstić information content (AvgIpc) is 2.34. The molecule has 0 saturated carbocycles. The molecule has 0 amide bonds. The van der Waals surface area contributed by atoms with Crippen LogP contribution >= 0.6 is 8.25 Å². The Balaban J connectivity index is 2.70. The molecule has 0 bridgehead atoms. The third-order valence-electron chi connectivity index (χ3n) is 1.93. The monoisotopic (exact) mass is 255 g/mol. The third kappa shape index (κ3) is 4.87. The van der Waals surface area contributed by atoms with Crippen molar-refractivity contribution in [3.05, 3.63) is 48.6 Å². The molecule has 5 nitrogen and oxygen atoms in total. The first-order valence-electron chi connectivity index (χ1n) is 4.80. The molecule has 6 heteroatoms. The van der Waals surface area contributed by atoms with E-state index in [1.54, 1.807) is 30.3 Å². The molecule has 1 aromatic carbocycles. The van der Waals surface area contributed by atoms with Crippen LogP contribution in [0.5, 0.6) is 0 Å². The summed E-state index contributed by atoms with van der Waals surface area (Å²) in [5.74, 6) is -0.609. The summed E-state index contributed by atoms with van der Waals surface area (Å²) >= 11 is 0. The molecule has 0 spiro atoms. The summed E-state index contributed by atoms with van der Waals surface area (Å²) < 4.78 is 20.2. The zero-order valence-corrected chi connectivity index (χ0v) is 9.88. The van der Waals surface area contributed by atoms with E-state index < -0.39 is 20.3 Å². The van der Waals surface area contributed by atoms with Gasteiger partial charge < -0.3 is 4.74 Å². The van der Waals surface area contributed by atoms with Crippen LogP contribution < -0.4 is 0 Å². The van der Waals surface area contributed by atoms with Crippen LogP contribution in [-0.2, 0) is 18.6 Å². The maximum Gasteiger partial charge on any atom is 0.695 e. The van der Waals surface area contributed by atoms with Crippen LogP contribution in [-0.4, -0.2) is 17.5 Å². The van der Waals surface area contributed by atoms with E-state index >= 15 is 0 Å². The summed E-state index contributed by atoms with van der Waals surface area (Å²) in [5, 5.41) is 0. The van der Waals surface area contributed by atoms with Gasteiger partial charge in [-0.05, 0) is 5.56 Å². The van der Waals surface area contributed by atoms with Crippen LogP contribution in [0.4, 0.5) is 0 Å². The minimum atomic E-state index is -2.77. The second kappa shape index (κ2) is 6.91. The molecular formula is C11H12O5P+. The Kier molecular flexibility index (Phi) is 5.49. The van der Waals surface area contributed by atoms with Crippen molar-refractivity contribution in [2.45, 2.75) is 6.10 Å². The van der Waals surface area contributed by atoms with Gasteiger partial charge in [0, 0.05) is 10.6 Å². The number of esters is 1. The van der Waals surface area contributed by atoms with E-state index in [1.807, 2.05) is 0 Å². The second-order valence-corrected chi connectivity index (χ2v) is 3.76. The lowest BCUT2D eigenvalue weighted by Gasteiger charge is -2.10. The zero-order valence-electron chi connectivity index (χ0n) is 8.98. The molecule has 0 heterocycles. The van der Waals surface area contributed by atoms with Crippen molar-refractivity contribution in [1.29, 1.82) is 0 Å². The van der Waals surface area contributed by atoms with Gasteiger partial charge in [-0.1, -0.05) is 36.9 Å². The molecule has 1 N–H and O–H groups in total. The molecule has 17 heavy (non-hydrogen) atoms. The van der Waals surface area contributed by atoms with Crippen LogP contribution in [0.25, 0.3) is 0 Å². The molecule has 0 fully saturated rings. The van der Waals surface area contributed by atoms with E-state index in [0.29, 0.717) is 5.56 Å². The summed E-state index contributed by atoms with van der Waals surface area (Å²) in [6.07, 6.45) is 0.245. The van der Waals surface area contributed by atoms with E-state index in [4.69, 9.17) is 14.2 Å². The first kappa shape index (κ1) is 13.5. The fourth-order valence-corrected chi connectivity index (χ4v) is 1.58. The molecule has 0 saturated heterocycles. The topological polar surface area (TPSA) is 72.8 Å². The molecule has 1 aromatic rings. The zero-order chi connectivity index (χ0) is 12.7. The van der Waals surface area contributed by atoms with E-state index in [1.165, 1.54) is 0 Å². The number of carbonyl (C=O) groups is 1. The summed E-state index contributed by atoms with van der Waals surface area (Å²) in [7, 11) is -2.77. The van der Waals surface area contributed by atoms with Crippen molar-refractivity contribution in [1.82, 2.24) is 0 Å². The molecule has 0 radical (unpaired) electrons. The average molecular weight is 255 g/mol. The Morgan fingerprint density at radius 3 is 2.65 bits per heavy atom. The third-order valence-corrected chi connectivity index (χ3v) is 2.37. The summed E-state index contributed by atoms with van der Waals surface area (Å²) in [6, 6.07) is 8.74. The van der Waals surface area contributed by atoms with Gasteiger partial charge >= 0.3 is 14.2 Å². The Hall–Kier alpha value is -1.55. The quantitative estimate of drug-likeness (QED) is 0.479. The highest BCUT2D eigenvalue weighted by atomic mass is 31.1. The van der Waals surface area contributed by atoms with Crippen molar-refractivity contribution >= 4 is 14.2 Å². The number of rotatable bonds is 6. The minimum absolute atomic E-state index is 0.142. The van der Waals surface area contributed by atoms with Crippen molar-refractivity contribution in [3.8, 4) is 0 Å². The number of ether oxygens (including phenoxy) is 1. The summed E-state index contributed by atoms with van der Waals surface area (Å²) in [6.45, 7) is 3.11. The second-order valence-electron chi connectivity index (χ2n) is 3.08. The van der Waals surface area contributed by atoms with Gasteiger partial charge in [0.25, 0.3) is 0 Å². The predicted octanol–water partition coefficient (Wildman–Crippen LogP) is 2.12. The smallest absolute Gasteiger partial charge is 0.459 e. The number of hydrogen-bond donors (Lipinski definition) is 1. The standard InChI is InChI=1S/C11H11O5P/c1-2-11(12)15-8-10(16-17(13)14)9-6-4-3-5-7-9/h2-7,10H,1,8H2/p+1. The van der Waals surface area contributed by atoms with Gasteiger partial charge in [0.1, 0.15) is 6.61 Å². The first-order valence-corrected chi connectivity index (χ1v) is 5.93. The van der Waals surface area contributed by atoms with Crippen LogP contribution in [0.15, 0.2) is 43.0 Å². The fourth-order valence-electron chi connectivity index (χ4n) is 1.18. The Bertz CT molecular complexity index is 404. The van der Waals surface area contributed by atoms with Gasteiger partial charge in [0.05, 0.1) is 0 Å². The van der Waals surface area contributed by atoms with Crippen molar-refractivity contribution in [3.63, 3.8) is 0 Å². The van der Waals surface area contributed by atoms with E-state index in [9.17, 15) is 9.36 Å². The minimum Gasteiger partial charge on any atom is -0.459 e. The largest absolute Gasteiger partial charge is 0.695 e. The van der Waals surface area contributed by atoms with Crippen LogP contribution in [0.2, 0.25) is 0 Å². The molecule has 2 unspecified atom stereocenters. The summed E-state index contributed by atoms with van der Waals surface area (Å²) in [4.78, 5) is 19.6. The molecule has 0 aliphatic rings. The Labute approximate surface area is 99.6 Å². The predicted molar refractivity (Wildman–Crippen MR) is 61.2 cm³/mol. The molecule has 0 aromatic heterocycles. The molecular weight excluding hydrogens is 243 g/mol. The van der Waals surface area contributed by atoms with Crippen LogP contribution in [0.1, 0.15) is 11.7 Å². The van der Waals surface area contributed by atoms with Gasteiger partial charge in [-0.15, -0.1) is 9.42 Å². The van der Waals surface area contributed by atoms with Gasteiger partial charge in [-0.25, -0.2) is 4.79 Å². The maximum absolute atomic E-state index is 10.9. The van der Waals surface area contributed by atoms with Gasteiger partial charge in [0.15, 0.2) is 6.10 Å². The number of carbonyl (C=O) groups excluding carboxylic acids is 1. The lowest BCUT2D eigenvalue weighted by atomic mass is 10.1. The highest BCUT2D eigenvalue weighted by Crippen LogP contribution is 2.28. The van der Waals surface area contributed by atoms with Gasteiger partial charge in [-0.3, -0.25) is 0 Å². The fraction of sp³-hybridized carbons (Fsp3) is 0.182. The van der Waals surface area contributed by atoms with E-state index in [0.717, 1.165) is 6.08 Å². The Morgan fingerprint density at radius 2 is 2.12 bits per heavy atom. The Morgan fingerprint density at radius 1 is 1.47 bits per heavy atom. The SMILES string of the molecule is C=CC(=O)OCC(O[P+](=O)O)c1ccccc1. The van der Waals surface area contributed by atoms with Crippen LogP contribution in [0, 0.1) is 0 Å². The van der Waals surface area contributed by atoms with E-state index in [2.05, 4.69) is 6.58 Å². The molecule has 90 valence electrons. The van der Waals surface area contributed by atoms with Crippen molar-refractivity contribution in [2.75, 3.05) is 6.61 Å². The van der Waals surface area contributed by atoms with Gasteiger partial charge in [-0.2, -0.15) is 0 Å². The number of benzene rings is 1. The lowest BCUT2D eigenvalue weighted by molar-refractivity contribution is -0.140. The summed E-state index contributed by atoms with van der Waals surface area (Å²) in [5.41, 5.74) is 0.654. The molecule has 2 atom stereocenters. The molecule has 0 aliphatic heterocycles. The molecule has 0 aliphatic carbocycles. The molecule has 1 rings (SSSR count). The normalized spacial score (nSPS) is 12.6. The van der Waals surface area contributed by atoms with Crippen molar-refractivity contribution in [2.24, 2.45) is 0 Å². The van der Waals surface area contributed by atoms with Crippen LogP contribution in [0.3, 0.4) is 0 Å².